The fourth-order valence-electron chi connectivity index (χ4n) is 1.79. The van der Waals surface area contributed by atoms with E-state index < -0.39 is 0 Å². The van der Waals surface area contributed by atoms with Crippen molar-refractivity contribution in [3.63, 3.8) is 0 Å². The van der Waals surface area contributed by atoms with Crippen LogP contribution < -0.4 is 10.6 Å². The Morgan fingerprint density at radius 3 is 2.70 bits per heavy atom. The van der Waals surface area contributed by atoms with Crippen molar-refractivity contribution < 1.29 is 14.3 Å². The van der Waals surface area contributed by atoms with E-state index in [1.165, 1.54) is 0 Å². The topological polar surface area (TPSA) is 59.6 Å². The summed E-state index contributed by atoms with van der Waals surface area (Å²) in [5.74, 6) is -0.0184. The number of methoxy groups -OCH3 is 2. The number of carbonyl (C=O) groups is 1. The van der Waals surface area contributed by atoms with Crippen LogP contribution in [0.4, 0.5) is 0 Å². The Morgan fingerprint density at radius 2 is 2.00 bits per heavy atom. The normalized spacial score (nSPS) is 12.2. The van der Waals surface area contributed by atoms with Crippen molar-refractivity contribution in [2.45, 2.75) is 26.1 Å². The second-order valence-corrected chi connectivity index (χ2v) is 4.64. The summed E-state index contributed by atoms with van der Waals surface area (Å²) in [4.78, 5) is 11.8. The maximum Gasteiger partial charge on any atom is 0.236 e. The maximum atomic E-state index is 11.8. The van der Waals surface area contributed by atoms with Crippen LogP contribution in [0, 0.1) is 0 Å². The molecule has 0 radical (unpaired) electrons. The van der Waals surface area contributed by atoms with Crippen LogP contribution in [0.5, 0.6) is 0 Å². The van der Waals surface area contributed by atoms with Gasteiger partial charge in [0.2, 0.25) is 5.91 Å². The van der Waals surface area contributed by atoms with Gasteiger partial charge in [-0.2, -0.15) is 0 Å². The molecule has 5 nitrogen and oxygen atoms in total. The first-order chi connectivity index (χ1) is 9.67. The Kier molecular flexibility index (Phi) is 7.87. The number of carbonyl (C=O) groups excluding carboxylic acids is 1. The maximum absolute atomic E-state index is 11.8. The molecule has 0 spiro atoms. The minimum Gasteiger partial charge on any atom is -0.383 e. The van der Waals surface area contributed by atoms with Crippen molar-refractivity contribution in [2.75, 3.05) is 27.4 Å². The van der Waals surface area contributed by atoms with Crippen LogP contribution in [-0.4, -0.2) is 39.3 Å². The van der Waals surface area contributed by atoms with E-state index in [1.807, 2.05) is 25.1 Å². The molecule has 0 aliphatic rings. The van der Waals surface area contributed by atoms with E-state index in [0.29, 0.717) is 26.3 Å². The molecule has 0 saturated heterocycles. The monoisotopic (exact) mass is 280 g/mol. The minimum atomic E-state index is -0.238. The highest BCUT2D eigenvalue weighted by atomic mass is 16.5. The smallest absolute Gasteiger partial charge is 0.236 e. The van der Waals surface area contributed by atoms with Crippen LogP contribution in [0.25, 0.3) is 0 Å². The molecule has 0 bridgehead atoms. The molecule has 1 atom stereocenters. The summed E-state index contributed by atoms with van der Waals surface area (Å²) < 4.78 is 10.00. The summed E-state index contributed by atoms with van der Waals surface area (Å²) in [5, 5.41) is 6.01. The lowest BCUT2D eigenvalue weighted by molar-refractivity contribution is -0.122. The Bertz CT molecular complexity index is 410. The van der Waals surface area contributed by atoms with Crippen molar-refractivity contribution in [1.29, 1.82) is 0 Å². The third kappa shape index (κ3) is 6.14. The van der Waals surface area contributed by atoms with E-state index in [0.717, 1.165) is 11.1 Å². The molecule has 112 valence electrons. The molecular weight excluding hydrogens is 256 g/mol. The standard InChI is InChI=1S/C15H24N2O3/c1-12(15(18)16-7-8-19-2)17-10-13-5-4-6-14(9-13)11-20-3/h4-6,9,12,17H,7-8,10-11H2,1-3H3,(H,16,18). The lowest BCUT2D eigenvalue weighted by atomic mass is 10.1. The van der Waals surface area contributed by atoms with Gasteiger partial charge in [0.15, 0.2) is 0 Å². The van der Waals surface area contributed by atoms with Crippen LogP contribution in [0.2, 0.25) is 0 Å². The molecule has 0 aliphatic heterocycles. The van der Waals surface area contributed by atoms with Crippen molar-refractivity contribution in [3.8, 4) is 0 Å². The number of amides is 1. The van der Waals surface area contributed by atoms with Gasteiger partial charge in [0.05, 0.1) is 19.3 Å². The summed E-state index contributed by atoms with van der Waals surface area (Å²) in [6, 6.07) is 7.88. The van der Waals surface area contributed by atoms with E-state index in [4.69, 9.17) is 9.47 Å². The first-order valence-corrected chi connectivity index (χ1v) is 6.74. The first kappa shape index (κ1) is 16.6. The highest BCUT2D eigenvalue weighted by Gasteiger charge is 2.11. The van der Waals surface area contributed by atoms with Crippen molar-refractivity contribution in [3.05, 3.63) is 35.4 Å². The molecule has 0 aromatic heterocycles. The van der Waals surface area contributed by atoms with Gasteiger partial charge in [-0.3, -0.25) is 4.79 Å². The Morgan fingerprint density at radius 1 is 1.25 bits per heavy atom. The van der Waals surface area contributed by atoms with Crippen LogP contribution in [0.15, 0.2) is 24.3 Å². The van der Waals surface area contributed by atoms with Gasteiger partial charge in [-0.05, 0) is 18.1 Å². The van der Waals surface area contributed by atoms with E-state index in [-0.39, 0.29) is 11.9 Å². The van der Waals surface area contributed by atoms with Crippen molar-refractivity contribution in [2.24, 2.45) is 0 Å². The molecule has 1 unspecified atom stereocenters. The highest BCUT2D eigenvalue weighted by Crippen LogP contribution is 2.06. The highest BCUT2D eigenvalue weighted by molar-refractivity contribution is 5.81. The van der Waals surface area contributed by atoms with E-state index in [2.05, 4.69) is 16.7 Å². The quantitative estimate of drug-likeness (QED) is 0.664. The summed E-state index contributed by atoms with van der Waals surface area (Å²) in [7, 11) is 3.29. The number of ether oxygens (including phenoxy) is 2. The molecule has 20 heavy (non-hydrogen) atoms. The molecule has 0 heterocycles. The first-order valence-electron chi connectivity index (χ1n) is 6.74. The lowest BCUT2D eigenvalue weighted by Gasteiger charge is -2.14. The Hall–Kier alpha value is -1.43. The summed E-state index contributed by atoms with van der Waals surface area (Å²) in [6.07, 6.45) is 0. The van der Waals surface area contributed by atoms with Gasteiger partial charge < -0.3 is 20.1 Å². The number of benzene rings is 1. The van der Waals surface area contributed by atoms with Crippen LogP contribution in [0.3, 0.4) is 0 Å². The molecule has 5 heteroatoms. The molecular formula is C15H24N2O3. The molecule has 0 aliphatic carbocycles. The lowest BCUT2D eigenvalue weighted by Crippen LogP contribution is -2.42. The van der Waals surface area contributed by atoms with Gasteiger partial charge in [-0.1, -0.05) is 24.3 Å². The minimum absolute atomic E-state index is 0.0184. The average Bonchev–Trinajstić information content (AvgIpc) is 2.45. The van der Waals surface area contributed by atoms with E-state index in [9.17, 15) is 4.79 Å². The van der Waals surface area contributed by atoms with Gasteiger partial charge in [0, 0.05) is 27.3 Å². The number of hydrogen-bond acceptors (Lipinski definition) is 4. The molecule has 1 amide bonds. The molecule has 1 rings (SSSR count). The Labute approximate surface area is 120 Å². The van der Waals surface area contributed by atoms with Crippen LogP contribution in [-0.2, 0) is 27.4 Å². The predicted octanol–water partition coefficient (Wildman–Crippen LogP) is 1.07. The van der Waals surface area contributed by atoms with Crippen molar-refractivity contribution >= 4 is 5.91 Å². The zero-order valence-corrected chi connectivity index (χ0v) is 12.4. The second kappa shape index (κ2) is 9.47. The molecule has 2 N–H and O–H groups in total. The van der Waals surface area contributed by atoms with Gasteiger partial charge in [-0.25, -0.2) is 0 Å². The fraction of sp³-hybridized carbons (Fsp3) is 0.533. The largest absolute Gasteiger partial charge is 0.383 e. The average molecular weight is 280 g/mol. The van der Waals surface area contributed by atoms with Crippen molar-refractivity contribution in [1.82, 2.24) is 10.6 Å². The summed E-state index contributed by atoms with van der Waals surface area (Å²) in [6.45, 7) is 4.15. The fourth-order valence-corrected chi connectivity index (χ4v) is 1.79. The molecule has 0 saturated carbocycles. The molecule has 0 fully saturated rings. The summed E-state index contributed by atoms with van der Waals surface area (Å²) >= 11 is 0. The number of hydrogen-bond donors (Lipinski definition) is 2. The summed E-state index contributed by atoms with van der Waals surface area (Å²) in [5.41, 5.74) is 2.26. The predicted molar refractivity (Wildman–Crippen MR) is 78.3 cm³/mol. The van der Waals surface area contributed by atoms with E-state index >= 15 is 0 Å². The number of rotatable bonds is 9. The Balaban J connectivity index is 2.38. The van der Waals surface area contributed by atoms with Crippen LogP contribution in [0.1, 0.15) is 18.1 Å². The molecule has 1 aromatic carbocycles. The van der Waals surface area contributed by atoms with Gasteiger partial charge in [0.1, 0.15) is 0 Å². The van der Waals surface area contributed by atoms with Gasteiger partial charge >= 0.3 is 0 Å². The third-order valence-corrected chi connectivity index (χ3v) is 2.91. The van der Waals surface area contributed by atoms with Crippen LogP contribution >= 0.6 is 0 Å². The SMILES string of the molecule is COCCNC(=O)C(C)NCc1cccc(COC)c1. The van der Waals surface area contributed by atoms with Gasteiger partial charge in [0.25, 0.3) is 0 Å². The second-order valence-electron chi connectivity index (χ2n) is 4.64. The van der Waals surface area contributed by atoms with Gasteiger partial charge in [-0.15, -0.1) is 0 Å². The number of nitrogens with one attached hydrogen (secondary N) is 2. The molecule has 1 aromatic rings. The zero-order chi connectivity index (χ0) is 14.8. The zero-order valence-electron chi connectivity index (χ0n) is 12.4. The third-order valence-electron chi connectivity index (χ3n) is 2.91. The van der Waals surface area contributed by atoms with E-state index in [1.54, 1.807) is 14.2 Å².